The van der Waals surface area contributed by atoms with Crippen LogP contribution in [0.15, 0.2) is 10.2 Å². The summed E-state index contributed by atoms with van der Waals surface area (Å²) in [6.07, 6.45) is 0. The van der Waals surface area contributed by atoms with Crippen LogP contribution >= 0.6 is 24.4 Å². The Balaban J connectivity index is 0. The van der Waals surface area contributed by atoms with Crippen molar-refractivity contribution in [1.82, 2.24) is 10.9 Å². The Morgan fingerprint density at radius 1 is 0.933 bits per heavy atom. The van der Waals surface area contributed by atoms with Gasteiger partial charge in [-0.05, 0) is 38.3 Å². The van der Waals surface area contributed by atoms with Crippen LogP contribution in [0.3, 0.4) is 0 Å². The summed E-state index contributed by atoms with van der Waals surface area (Å²) in [6.45, 7) is 3.48. The number of thiocarbonyl (C=S) groups is 2. The van der Waals surface area contributed by atoms with Crippen LogP contribution < -0.4 is 22.3 Å². The van der Waals surface area contributed by atoms with Gasteiger partial charge in [-0.15, -0.1) is 0 Å². The molecule has 0 saturated heterocycles. The van der Waals surface area contributed by atoms with Crippen molar-refractivity contribution in [2.24, 2.45) is 21.7 Å². The molecule has 89 valence electrons. The SMILES string of the molecule is CC(=NNC(N)=S)C(C)=NNC(N)=S.[Cu]. The normalized spacial score (nSPS) is 11.3. The van der Waals surface area contributed by atoms with Crippen molar-refractivity contribution in [2.45, 2.75) is 13.8 Å². The first kappa shape index (κ1) is 16.7. The Labute approximate surface area is 109 Å². The summed E-state index contributed by atoms with van der Waals surface area (Å²) in [7, 11) is 0. The molecule has 0 amide bonds. The van der Waals surface area contributed by atoms with Gasteiger partial charge in [0, 0.05) is 17.1 Å². The van der Waals surface area contributed by atoms with Gasteiger partial charge in [-0.3, -0.25) is 10.9 Å². The Morgan fingerprint density at radius 3 is 1.40 bits per heavy atom. The summed E-state index contributed by atoms with van der Waals surface area (Å²) in [5, 5.41) is 7.89. The topological polar surface area (TPSA) is 101 Å². The molecular weight excluding hydrogens is 284 g/mol. The van der Waals surface area contributed by atoms with Gasteiger partial charge in [0.05, 0.1) is 11.4 Å². The summed E-state index contributed by atoms with van der Waals surface area (Å²) in [5.41, 5.74) is 16.5. The molecule has 15 heavy (non-hydrogen) atoms. The van der Waals surface area contributed by atoms with Gasteiger partial charge in [-0.1, -0.05) is 0 Å². The van der Waals surface area contributed by atoms with E-state index in [1.807, 2.05) is 0 Å². The zero-order chi connectivity index (χ0) is 11.1. The van der Waals surface area contributed by atoms with Gasteiger partial charge in [-0.25, -0.2) is 0 Å². The van der Waals surface area contributed by atoms with Crippen LogP contribution in [0.5, 0.6) is 0 Å². The molecular formula is C6H12CuN6S2. The van der Waals surface area contributed by atoms with Crippen molar-refractivity contribution in [3.05, 3.63) is 0 Å². The zero-order valence-corrected chi connectivity index (χ0v) is 10.7. The van der Waals surface area contributed by atoms with Gasteiger partial charge in [0.1, 0.15) is 0 Å². The summed E-state index contributed by atoms with van der Waals surface area (Å²) < 4.78 is 0. The summed E-state index contributed by atoms with van der Waals surface area (Å²) in [5.74, 6) is 0. The molecule has 0 aromatic carbocycles. The van der Waals surface area contributed by atoms with Gasteiger partial charge in [0.2, 0.25) is 0 Å². The Hall–Kier alpha value is -0.761. The van der Waals surface area contributed by atoms with E-state index in [2.05, 4.69) is 45.5 Å². The van der Waals surface area contributed by atoms with E-state index in [4.69, 9.17) is 11.5 Å². The van der Waals surface area contributed by atoms with Gasteiger partial charge < -0.3 is 11.5 Å². The molecule has 0 aromatic heterocycles. The number of hydrogen-bond donors (Lipinski definition) is 4. The summed E-state index contributed by atoms with van der Waals surface area (Å²) in [4.78, 5) is 0. The van der Waals surface area contributed by atoms with E-state index in [9.17, 15) is 0 Å². The minimum atomic E-state index is 0. The summed E-state index contributed by atoms with van der Waals surface area (Å²) >= 11 is 9.14. The molecule has 9 heteroatoms. The molecule has 6 nitrogen and oxygen atoms in total. The fourth-order valence-corrected chi connectivity index (χ4v) is 0.531. The van der Waals surface area contributed by atoms with Crippen LogP contribution in [-0.4, -0.2) is 21.6 Å². The minimum absolute atomic E-state index is 0. The largest absolute Gasteiger partial charge is 0.375 e. The Kier molecular flexibility index (Phi) is 9.49. The van der Waals surface area contributed by atoms with E-state index in [1.54, 1.807) is 13.8 Å². The van der Waals surface area contributed by atoms with Crippen molar-refractivity contribution in [1.29, 1.82) is 0 Å². The molecule has 0 spiro atoms. The van der Waals surface area contributed by atoms with E-state index < -0.39 is 0 Å². The van der Waals surface area contributed by atoms with Crippen molar-refractivity contribution < 1.29 is 17.1 Å². The molecule has 0 aliphatic rings. The molecule has 0 rings (SSSR count). The average molecular weight is 296 g/mol. The minimum Gasteiger partial charge on any atom is -0.375 e. The van der Waals surface area contributed by atoms with E-state index in [0.717, 1.165) is 0 Å². The summed E-state index contributed by atoms with van der Waals surface area (Å²) in [6, 6.07) is 0. The first-order valence-corrected chi connectivity index (χ1v) is 4.45. The number of nitrogens with two attached hydrogens (primary N) is 2. The van der Waals surface area contributed by atoms with E-state index in [-0.39, 0.29) is 27.3 Å². The maximum Gasteiger partial charge on any atom is 0.184 e. The number of rotatable bonds is 3. The number of nitrogens with one attached hydrogen (secondary N) is 2. The molecule has 0 aromatic rings. The van der Waals surface area contributed by atoms with Crippen molar-refractivity contribution in [2.75, 3.05) is 0 Å². The second-order valence-electron chi connectivity index (χ2n) is 2.35. The molecule has 0 heterocycles. The standard InChI is InChI=1S/C6H12N6S2.Cu/c1-3(9-11-5(7)13)4(2)10-12-6(8)14;/h1-2H3,(H3,7,11,13)(H3,8,12,14);. The monoisotopic (exact) mass is 295 g/mol. The molecule has 0 aliphatic heterocycles. The van der Waals surface area contributed by atoms with Gasteiger partial charge in [0.25, 0.3) is 0 Å². The van der Waals surface area contributed by atoms with Crippen LogP contribution in [0, 0.1) is 0 Å². The van der Waals surface area contributed by atoms with Crippen LogP contribution in [-0.2, 0) is 17.1 Å². The molecule has 0 bridgehead atoms. The third-order valence-corrected chi connectivity index (χ3v) is 1.37. The second-order valence-corrected chi connectivity index (χ2v) is 3.23. The van der Waals surface area contributed by atoms with Crippen molar-refractivity contribution in [3.63, 3.8) is 0 Å². The fraction of sp³-hybridized carbons (Fsp3) is 0.333. The van der Waals surface area contributed by atoms with Crippen LogP contribution in [0.1, 0.15) is 13.8 Å². The maximum atomic E-state index is 5.18. The molecule has 0 unspecified atom stereocenters. The third-order valence-electron chi connectivity index (χ3n) is 1.19. The second kappa shape index (κ2) is 8.54. The molecule has 0 atom stereocenters. The molecule has 0 aliphatic carbocycles. The van der Waals surface area contributed by atoms with Crippen molar-refractivity contribution >= 4 is 46.1 Å². The molecule has 0 fully saturated rings. The first-order valence-electron chi connectivity index (χ1n) is 3.63. The molecule has 1 radical (unpaired) electrons. The van der Waals surface area contributed by atoms with Gasteiger partial charge >= 0.3 is 0 Å². The Morgan fingerprint density at radius 2 is 1.20 bits per heavy atom. The van der Waals surface area contributed by atoms with Crippen LogP contribution in [0.4, 0.5) is 0 Å². The third kappa shape index (κ3) is 9.54. The predicted octanol–water partition coefficient (Wildman–Crippen LogP) is -0.598. The quantitative estimate of drug-likeness (QED) is 0.240. The van der Waals surface area contributed by atoms with E-state index >= 15 is 0 Å². The predicted molar refractivity (Wildman–Crippen MR) is 66.1 cm³/mol. The molecule has 0 saturated carbocycles. The number of hydrogen-bond acceptors (Lipinski definition) is 4. The smallest absolute Gasteiger partial charge is 0.184 e. The van der Waals surface area contributed by atoms with E-state index in [1.165, 1.54) is 0 Å². The van der Waals surface area contributed by atoms with Gasteiger partial charge in [-0.2, -0.15) is 10.2 Å². The maximum absolute atomic E-state index is 5.18. The van der Waals surface area contributed by atoms with Crippen molar-refractivity contribution in [3.8, 4) is 0 Å². The number of nitrogens with zero attached hydrogens (tertiary/aromatic N) is 2. The number of hydrazone groups is 2. The zero-order valence-electron chi connectivity index (χ0n) is 8.17. The van der Waals surface area contributed by atoms with E-state index in [0.29, 0.717) is 11.4 Å². The average Bonchev–Trinajstić information content (AvgIpc) is 2.09. The fourth-order valence-electron chi connectivity index (χ4n) is 0.440. The van der Waals surface area contributed by atoms with Crippen LogP contribution in [0.25, 0.3) is 0 Å². The molecule has 6 N–H and O–H groups in total. The van der Waals surface area contributed by atoms with Crippen LogP contribution in [0.2, 0.25) is 0 Å². The first-order chi connectivity index (χ1) is 6.43. The Bertz CT molecular complexity index is 270. The van der Waals surface area contributed by atoms with Gasteiger partial charge in [0.15, 0.2) is 10.2 Å².